The van der Waals surface area contributed by atoms with E-state index in [0.29, 0.717) is 10.8 Å². The molecular formula is C15H15ClN2OS. The first-order valence-corrected chi connectivity index (χ1v) is 7.55. The van der Waals surface area contributed by atoms with E-state index < -0.39 is 0 Å². The maximum atomic E-state index is 11.9. The third kappa shape index (κ3) is 3.76. The van der Waals surface area contributed by atoms with Gasteiger partial charge in [-0.2, -0.15) is 0 Å². The summed E-state index contributed by atoms with van der Waals surface area (Å²) in [4.78, 5) is 11.9. The van der Waals surface area contributed by atoms with Crippen LogP contribution < -0.4 is 11.3 Å². The molecule has 0 fully saturated rings. The number of hydrazine groups is 1. The number of nitrogens with one attached hydrogen (secondary N) is 1. The van der Waals surface area contributed by atoms with E-state index in [9.17, 15) is 4.79 Å². The van der Waals surface area contributed by atoms with Crippen molar-refractivity contribution < 1.29 is 4.79 Å². The van der Waals surface area contributed by atoms with Crippen LogP contribution in [0.3, 0.4) is 0 Å². The monoisotopic (exact) mass is 306 g/mol. The Morgan fingerprint density at radius 1 is 1.15 bits per heavy atom. The molecule has 20 heavy (non-hydrogen) atoms. The zero-order valence-electron chi connectivity index (χ0n) is 10.8. The molecule has 0 aromatic heterocycles. The highest BCUT2D eigenvalue weighted by molar-refractivity contribution is 7.99. The van der Waals surface area contributed by atoms with Crippen LogP contribution in [0, 0.1) is 0 Å². The molecule has 1 atom stereocenters. The van der Waals surface area contributed by atoms with Crippen molar-refractivity contribution >= 4 is 29.3 Å². The van der Waals surface area contributed by atoms with Gasteiger partial charge in [-0.3, -0.25) is 10.2 Å². The van der Waals surface area contributed by atoms with Gasteiger partial charge in [-0.15, -0.1) is 11.8 Å². The second-order valence-electron chi connectivity index (χ2n) is 4.20. The van der Waals surface area contributed by atoms with Crippen LogP contribution in [0.2, 0.25) is 5.02 Å². The summed E-state index contributed by atoms with van der Waals surface area (Å²) >= 11 is 7.63. The number of carbonyl (C=O) groups is 1. The van der Waals surface area contributed by atoms with Gasteiger partial charge in [0.05, 0.1) is 0 Å². The summed E-state index contributed by atoms with van der Waals surface area (Å²) < 4.78 is 0. The maximum absolute atomic E-state index is 11.9. The lowest BCUT2D eigenvalue weighted by Crippen LogP contribution is -2.33. The standard InChI is InChI=1S/C15H15ClN2OS/c16-13-9-5-4-8-12(13)10-20-14(15(19)18-17)11-6-2-1-3-7-11/h1-9,14H,10,17H2,(H,18,19). The maximum Gasteiger partial charge on any atom is 0.251 e. The Labute approximate surface area is 127 Å². The van der Waals surface area contributed by atoms with Gasteiger partial charge in [0.15, 0.2) is 0 Å². The van der Waals surface area contributed by atoms with Crippen LogP contribution in [0.4, 0.5) is 0 Å². The van der Waals surface area contributed by atoms with E-state index in [-0.39, 0.29) is 11.2 Å². The number of amides is 1. The fourth-order valence-electron chi connectivity index (χ4n) is 1.82. The molecule has 1 unspecified atom stereocenters. The highest BCUT2D eigenvalue weighted by atomic mass is 35.5. The average Bonchev–Trinajstić information content (AvgIpc) is 2.50. The van der Waals surface area contributed by atoms with Gasteiger partial charge in [0.25, 0.3) is 5.91 Å². The zero-order valence-corrected chi connectivity index (χ0v) is 12.3. The molecule has 0 radical (unpaired) electrons. The number of thioether (sulfide) groups is 1. The Balaban J connectivity index is 2.14. The SMILES string of the molecule is NNC(=O)C(SCc1ccccc1Cl)c1ccccc1. The molecule has 0 bridgehead atoms. The van der Waals surface area contributed by atoms with Gasteiger partial charge < -0.3 is 0 Å². The first kappa shape index (κ1) is 14.9. The molecular weight excluding hydrogens is 292 g/mol. The Morgan fingerprint density at radius 3 is 2.45 bits per heavy atom. The first-order valence-electron chi connectivity index (χ1n) is 6.13. The number of hydrogen-bond donors (Lipinski definition) is 2. The highest BCUT2D eigenvalue weighted by Gasteiger charge is 2.20. The summed E-state index contributed by atoms with van der Waals surface area (Å²) in [6, 6.07) is 17.2. The quantitative estimate of drug-likeness (QED) is 0.506. The number of nitrogens with two attached hydrogens (primary N) is 1. The van der Waals surface area contributed by atoms with Crippen molar-refractivity contribution in [2.24, 2.45) is 5.84 Å². The van der Waals surface area contributed by atoms with Crippen molar-refractivity contribution in [3.8, 4) is 0 Å². The molecule has 2 rings (SSSR count). The minimum atomic E-state index is -0.350. The fourth-order valence-corrected chi connectivity index (χ4v) is 3.26. The van der Waals surface area contributed by atoms with Crippen LogP contribution in [0.5, 0.6) is 0 Å². The third-order valence-corrected chi connectivity index (χ3v) is 4.51. The van der Waals surface area contributed by atoms with Crippen molar-refractivity contribution in [1.82, 2.24) is 5.43 Å². The van der Waals surface area contributed by atoms with Gasteiger partial charge in [-0.1, -0.05) is 60.1 Å². The van der Waals surface area contributed by atoms with E-state index >= 15 is 0 Å². The summed E-state index contributed by atoms with van der Waals surface area (Å²) in [6.07, 6.45) is 0. The van der Waals surface area contributed by atoms with Crippen molar-refractivity contribution in [1.29, 1.82) is 0 Å². The molecule has 0 saturated carbocycles. The molecule has 1 amide bonds. The van der Waals surface area contributed by atoms with Crippen LogP contribution in [-0.4, -0.2) is 5.91 Å². The average molecular weight is 307 g/mol. The van der Waals surface area contributed by atoms with Gasteiger partial charge in [0.1, 0.15) is 5.25 Å². The minimum absolute atomic E-state index is 0.215. The molecule has 0 aliphatic carbocycles. The second kappa shape index (κ2) is 7.33. The lowest BCUT2D eigenvalue weighted by molar-refractivity contribution is -0.120. The predicted octanol–water partition coefficient (Wildman–Crippen LogP) is 3.30. The van der Waals surface area contributed by atoms with Gasteiger partial charge in [0, 0.05) is 10.8 Å². The van der Waals surface area contributed by atoms with E-state index in [4.69, 9.17) is 17.4 Å². The first-order chi connectivity index (χ1) is 9.72. The van der Waals surface area contributed by atoms with Crippen LogP contribution in [0.1, 0.15) is 16.4 Å². The van der Waals surface area contributed by atoms with Gasteiger partial charge in [0.2, 0.25) is 0 Å². The zero-order chi connectivity index (χ0) is 14.4. The predicted molar refractivity (Wildman–Crippen MR) is 84.3 cm³/mol. The molecule has 3 N–H and O–H groups in total. The van der Waals surface area contributed by atoms with Gasteiger partial charge in [-0.25, -0.2) is 5.84 Å². The van der Waals surface area contributed by atoms with Crippen molar-refractivity contribution in [3.63, 3.8) is 0 Å². The second-order valence-corrected chi connectivity index (χ2v) is 5.70. The number of hydrogen-bond acceptors (Lipinski definition) is 3. The Morgan fingerprint density at radius 2 is 1.80 bits per heavy atom. The Kier molecular flexibility index (Phi) is 5.47. The van der Waals surface area contributed by atoms with E-state index in [2.05, 4.69) is 5.43 Å². The van der Waals surface area contributed by atoms with Crippen molar-refractivity contribution in [3.05, 3.63) is 70.7 Å². The smallest absolute Gasteiger partial charge is 0.251 e. The Hall–Kier alpha value is -1.49. The fraction of sp³-hybridized carbons (Fsp3) is 0.133. The molecule has 0 spiro atoms. The van der Waals surface area contributed by atoms with Gasteiger partial charge in [-0.05, 0) is 17.2 Å². The molecule has 0 heterocycles. The Bertz CT molecular complexity index is 577. The largest absolute Gasteiger partial charge is 0.293 e. The molecule has 2 aromatic rings. The molecule has 0 saturated heterocycles. The molecule has 0 aliphatic heterocycles. The number of carbonyl (C=O) groups excluding carboxylic acids is 1. The molecule has 0 aliphatic rings. The molecule has 3 nitrogen and oxygen atoms in total. The van der Waals surface area contributed by atoms with Crippen molar-refractivity contribution in [2.45, 2.75) is 11.0 Å². The summed E-state index contributed by atoms with van der Waals surface area (Å²) in [5.41, 5.74) is 4.15. The lowest BCUT2D eigenvalue weighted by atomic mass is 10.1. The molecule has 5 heteroatoms. The van der Waals surface area contributed by atoms with E-state index in [1.807, 2.05) is 54.6 Å². The van der Waals surface area contributed by atoms with Crippen molar-refractivity contribution in [2.75, 3.05) is 0 Å². The number of rotatable bonds is 5. The minimum Gasteiger partial charge on any atom is -0.293 e. The van der Waals surface area contributed by atoms with Gasteiger partial charge >= 0.3 is 0 Å². The van der Waals surface area contributed by atoms with Crippen LogP contribution in [0.25, 0.3) is 0 Å². The summed E-state index contributed by atoms with van der Waals surface area (Å²) in [5.74, 6) is 5.70. The van der Waals surface area contributed by atoms with Crippen LogP contribution in [-0.2, 0) is 10.5 Å². The number of halogens is 1. The highest BCUT2D eigenvalue weighted by Crippen LogP contribution is 2.33. The lowest BCUT2D eigenvalue weighted by Gasteiger charge is -2.15. The van der Waals surface area contributed by atoms with E-state index in [0.717, 1.165) is 11.1 Å². The van der Waals surface area contributed by atoms with E-state index in [1.54, 1.807) is 0 Å². The molecule has 104 valence electrons. The third-order valence-electron chi connectivity index (χ3n) is 2.85. The summed E-state index contributed by atoms with van der Waals surface area (Å²) in [6.45, 7) is 0. The van der Waals surface area contributed by atoms with Crippen LogP contribution >= 0.6 is 23.4 Å². The number of benzene rings is 2. The normalized spacial score (nSPS) is 11.9. The van der Waals surface area contributed by atoms with E-state index in [1.165, 1.54) is 11.8 Å². The summed E-state index contributed by atoms with van der Waals surface area (Å²) in [5, 5.41) is 0.359. The van der Waals surface area contributed by atoms with Crippen LogP contribution in [0.15, 0.2) is 54.6 Å². The topological polar surface area (TPSA) is 55.1 Å². The molecule has 2 aromatic carbocycles. The summed E-state index contributed by atoms with van der Waals surface area (Å²) in [7, 11) is 0.